The summed E-state index contributed by atoms with van der Waals surface area (Å²) in [6, 6.07) is 11.0. The van der Waals surface area contributed by atoms with E-state index in [1.54, 1.807) is 0 Å². The first kappa shape index (κ1) is 14.8. The molecule has 2 unspecified atom stereocenters. The van der Waals surface area contributed by atoms with Crippen LogP contribution in [-0.2, 0) is 6.42 Å². The first-order valence-electron chi connectivity index (χ1n) is 7.39. The minimum absolute atomic E-state index is 0.0655. The fourth-order valence-electron chi connectivity index (χ4n) is 2.65. The summed E-state index contributed by atoms with van der Waals surface area (Å²) in [6.45, 7) is 6.63. The summed E-state index contributed by atoms with van der Waals surface area (Å²) in [4.78, 5) is 4.30. The average Bonchev–Trinajstić information content (AvgIpc) is 2.88. The van der Waals surface area contributed by atoms with Crippen LogP contribution in [0.5, 0.6) is 0 Å². The smallest absolute Gasteiger partial charge is 0.0951 e. The van der Waals surface area contributed by atoms with Gasteiger partial charge < -0.3 is 10.3 Å². The molecule has 2 N–H and O–H groups in total. The van der Waals surface area contributed by atoms with Gasteiger partial charge in [0.25, 0.3) is 0 Å². The highest BCUT2D eigenvalue weighted by Crippen LogP contribution is 2.23. The van der Waals surface area contributed by atoms with Gasteiger partial charge in [0, 0.05) is 18.3 Å². The summed E-state index contributed by atoms with van der Waals surface area (Å²) in [7, 11) is 0. The van der Waals surface area contributed by atoms with E-state index in [9.17, 15) is 0 Å². The van der Waals surface area contributed by atoms with Crippen molar-refractivity contribution in [1.29, 1.82) is 0 Å². The molecule has 2 atom stereocenters. The van der Waals surface area contributed by atoms with Gasteiger partial charge in [-0.25, -0.2) is 4.98 Å². The monoisotopic (exact) mass is 271 g/mol. The van der Waals surface area contributed by atoms with E-state index in [4.69, 9.17) is 5.73 Å². The number of imidazole rings is 1. The maximum Gasteiger partial charge on any atom is 0.0951 e. The Morgan fingerprint density at radius 3 is 2.50 bits per heavy atom. The molecule has 2 rings (SSSR count). The Morgan fingerprint density at radius 2 is 1.85 bits per heavy atom. The molecule has 2 aromatic rings. The number of rotatable bonds is 6. The second-order valence-corrected chi connectivity index (χ2v) is 6.00. The summed E-state index contributed by atoms with van der Waals surface area (Å²) in [5.41, 5.74) is 8.80. The fraction of sp³-hybridized carbons (Fsp3) is 0.471. The Kier molecular flexibility index (Phi) is 4.96. The van der Waals surface area contributed by atoms with Crippen LogP contribution in [0.1, 0.15) is 50.5 Å². The first-order chi connectivity index (χ1) is 9.58. The number of aromatic nitrogens is 2. The lowest BCUT2D eigenvalue weighted by atomic mass is 10.0. The van der Waals surface area contributed by atoms with E-state index in [1.165, 1.54) is 5.56 Å². The number of hydrogen-bond acceptors (Lipinski definition) is 2. The molecule has 20 heavy (non-hydrogen) atoms. The Morgan fingerprint density at radius 1 is 1.15 bits per heavy atom. The third-order valence-electron chi connectivity index (χ3n) is 3.65. The number of nitrogens with zero attached hydrogens (tertiary/aromatic N) is 2. The fourth-order valence-corrected chi connectivity index (χ4v) is 2.65. The molecule has 3 nitrogen and oxygen atoms in total. The molecular weight excluding hydrogens is 246 g/mol. The van der Waals surface area contributed by atoms with Gasteiger partial charge in [0.2, 0.25) is 0 Å². The van der Waals surface area contributed by atoms with E-state index in [2.05, 4.69) is 60.7 Å². The lowest BCUT2D eigenvalue weighted by molar-refractivity contribution is 0.455. The van der Waals surface area contributed by atoms with Crippen molar-refractivity contribution in [2.24, 2.45) is 11.7 Å². The van der Waals surface area contributed by atoms with E-state index in [1.807, 2.05) is 12.5 Å². The first-order valence-corrected chi connectivity index (χ1v) is 7.39. The Bertz CT molecular complexity index is 516. The molecule has 0 spiro atoms. The van der Waals surface area contributed by atoms with Gasteiger partial charge in [-0.3, -0.25) is 0 Å². The molecule has 108 valence electrons. The number of nitrogens with two attached hydrogens (primary N) is 1. The van der Waals surface area contributed by atoms with Crippen molar-refractivity contribution in [2.75, 3.05) is 0 Å². The van der Waals surface area contributed by atoms with Gasteiger partial charge in [-0.2, -0.15) is 0 Å². The zero-order chi connectivity index (χ0) is 14.5. The maximum atomic E-state index is 6.31. The molecule has 0 aliphatic rings. The standard InChI is InChI=1S/C17H25N3/c1-13(2)9-16(18)17-11-19-12-20(17)14(3)10-15-7-5-4-6-8-15/h4-8,11-14,16H,9-10,18H2,1-3H3. The quantitative estimate of drug-likeness (QED) is 0.870. The van der Waals surface area contributed by atoms with Crippen LogP contribution in [0.4, 0.5) is 0 Å². The van der Waals surface area contributed by atoms with E-state index in [-0.39, 0.29) is 6.04 Å². The molecule has 0 radical (unpaired) electrons. The highest BCUT2D eigenvalue weighted by atomic mass is 15.1. The Labute approximate surface area is 121 Å². The molecule has 0 amide bonds. The minimum Gasteiger partial charge on any atom is -0.330 e. The summed E-state index contributed by atoms with van der Waals surface area (Å²) in [5, 5.41) is 0. The van der Waals surface area contributed by atoms with Crippen LogP contribution < -0.4 is 5.73 Å². The predicted molar refractivity (Wildman–Crippen MR) is 83.5 cm³/mol. The number of benzene rings is 1. The van der Waals surface area contributed by atoms with E-state index in [0.717, 1.165) is 18.5 Å². The van der Waals surface area contributed by atoms with Crippen molar-refractivity contribution in [3.8, 4) is 0 Å². The summed E-state index contributed by atoms with van der Waals surface area (Å²) >= 11 is 0. The Hall–Kier alpha value is -1.61. The van der Waals surface area contributed by atoms with Crippen LogP contribution in [0.25, 0.3) is 0 Å². The predicted octanol–water partition coefficient (Wildman–Crippen LogP) is 3.73. The third-order valence-corrected chi connectivity index (χ3v) is 3.65. The van der Waals surface area contributed by atoms with Crippen molar-refractivity contribution in [3.05, 3.63) is 54.1 Å². The van der Waals surface area contributed by atoms with Crippen LogP contribution in [0, 0.1) is 5.92 Å². The Balaban J connectivity index is 2.11. The molecule has 0 saturated heterocycles. The van der Waals surface area contributed by atoms with Crippen LogP contribution in [0.15, 0.2) is 42.9 Å². The van der Waals surface area contributed by atoms with Crippen LogP contribution in [0.3, 0.4) is 0 Å². The van der Waals surface area contributed by atoms with Crippen molar-refractivity contribution in [3.63, 3.8) is 0 Å². The maximum absolute atomic E-state index is 6.31. The zero-order valence-electron chi connectivity index (χ0n) is 12.7. The van der Waals surface area contributed by atoms with Gasteiger partial charge in [0.05, 0.1) is 12.0 Å². The zero-order valence-corrected chi connectivity index (χ0v) is 12.7. The topological polar surface area (TPSA) is 43.8 Å². The van der Waals surface area contributed by atoms with E-state index < -0.39 is 0 Å². The second kappa shape index (κ2) is 6.71. The van der Waals surface area contributed by atoms with Crippen LogP contribution in [-0.4, -0.2) is 9.55 Å². The molecule has 0 saturated carbocycles. The van der Waals surface area contributed by atoms with E-state index >= 15 is 0 Å². The minimum atomic E-state index is 0.0655. The molecule has 1 aromatic carbocycles. The molecule has 0 bridgehead atoms. The number of hydrogen-bond donors (Lipinski definition) is 1. The highest BCUT2D eigenvalue weighted by Gasteiger charge is 2.16. The molecular formula is C17H25N3. The molecule has 1 heterocycles. The summed E-state index contributed by atoms with van der Waals surface area (Å²) in [6.07, 6.45) is 5.81. The van der Waals surface area contributed by atoms with Crippen LogP contribution >= 0.6 is 0 Å². The average molecular weight is 271 g/mol. The SMILES string of the molecule is CC(C)CC(N)c1cncn1C(C)Cc1ccccc1. The van der Waals surface area contributed by atoms with Gasteiger partial charge in [-0.15, -0.1) is 0 Å². The largest absolute Gasteiger partial charge is 0.330 e. The summed E-state index contributed by atoms with van der Waals surface area (Å²) in [5.74, 6) is 0.595. The van der Waals surface area contributed by atoms with Gasteiger partial charge in [-0.1, -0.05) is 44.2 Å². The van der Waals surface area contributed by atoms with Crippen molar-refractivity contribution < 1.29 is 0 Å². The third kappa shape index (κ3) is 3.70. The molecule has 1 aromatic heterocycles. The molecule has 3 heteroatoms. The van der Waals surface area contributed by atoms with Gasteiger partial charge in [0.15, 0.2) is 0 Å². The van der Waals surface area contributed by atoms with Gasteiger partial charge in [-0.05, 0) is 31.2 Å². The van der Waals surface area contributed by atoms with Crippen molar-refractivity contribution in [2.45, 2.75) is 45.7 Å². The van der Waals surface area contributed by atoms with Gasteiger partial charge in [0.1, 0.15) is 0 Å². The molecule has 0 aliphatic carbocycles. The summed E-state index contributed by atoms with van der Waals surface area (Å²) < 4.78 is 2.22. The van der Waals surface area contributed by atoms with Crippen molar-refractivity contribution >= 4 is 0 Å². The highest BCUT2D eigenvalue weighted by molar-refractivity contribution is 5.16. The van der Waals surface area contributed by atoms with Gasteiger partial charge >= 0.3 is 0 Å². The molecule has 0 aliphatic heterocycles. The van der Waals surface area contributed by atoms with E-state index in [0.29, 0.717) is 12.0 Å². The normalized spacial score (nSPS) is 14.4. The second-order valence-electron chi connectivity index (χ2n) is 6.00. The molecule has 0 fully saturated rings. The lowest BCUT2D eigenvalue weighted by Gasteiger charge is -2.21. The van der Waals surface area contributed by atoms with Crippen molar-refractivity contribution in [1.82, 2.24) is 9.55 Å². The lowest BCUT2D eigenvalue weighted by Crippen LogP contribution is -2.19. The van der Waals surface area contributed by atoms with Crippen LogP contribution in [0.2, 0.25) is 0 Å².